The molecule has 0 unspecified atom stereocenters. The first kappa shape index (κ1) is 13.1. The molecule has 7 nitrogen and oxygen atoms in total. The van der Waals surface area contributed by atoms with E-state index in [1.807, 2.05) is 0 Å². The molecule has 1 aliphatic heterocycles. The van der Waals surface area contributed by atoms with Crippen molar-refractivity contribution in [3.63, 3.8) is 0 Å². The Kier molecular flexibility index (Phi) is 3.26. The monoisotopic (exact) mass is 280 g/mol. The normalized spacial score (nSPS) is 17.3. The predicted molar refractivity (Wildman–Crippen MR) is 68.5 cm³/mol. The molecule has 0 spiro atoms. The van der Waals surface area contributed by atoms with Crippen LogP contribution in [0, 0.1) is 10.1 Å². The molecule has 0 atom stereocenters. The van der Waals surface area contributed by atoms with E-state index < -0.39 is 27.5 Å². The molecule has 1 heterocycles. The average Bonchev–Trinajstić information content (AvgIpc) is 2.59. The second-order valence-electron chi connectivity index (χ2n) is 3.75. The average molecular weight is 280 g/mol. The predicted octanol–water partition coefficient (Wildman–Crippen LogP) is 1.97. The van der Waals surface area contributed by atoms with Gasteiger partial charge in [0.1, 0.15) is 0 Å². The summed E-state index contributed by atoms with van der Waals surface area (Å²) in [6.45, 7) is 0. The minimum absolute atomic E-state index is 0.187. The van der Waals surface area contributed by atoms with E-state index in [1.54, 1.807) is 0 Å². The van der Waals surface area contributed by atoms with E-state index in [2.05, 4.69) is 0 Å². The van der Waals surface area contributed by atoms with Gasteiger partial charge in [-0.15, -0.1) is 0 Å². The standard InChI is InChI=1S/C11H8N2O5S/c1-12-10(15)9(19-11(12)16)5-6-2-3-8(14)7(4-6)13(17)18/h2-5,14H,1H3/b9-5-. The van der Waals surface area contributed by atoms with Crippen LogP contribution in [0.5, 0.6) is 5.75 Å². The van der Waals surface area contributed by atoms with Gasteiger partial charge in [0.2, 0.25) is 0 Å². The number of carbonyl (C=O) groups is 2. The van der Waals surface area contributed by atoms with Crippen LogP contribution in [0.2, 0.25) is 0 Å². The molecular formula is C11H8N2O5S. The Labute approximate surface area is 111 Å². The number of phenols is 1. The number of thioether (sulfide) groups is 1. The SMILES string of the molecule is CN1C(=O)S/C(=C\c2ccc(O)c([N+](=O)[O-])c2)C1=O. The summed E-state index contributed by atoms with van der Waals surface area (Å²) in [5.74, 6) is -0.906. The van der Waals surface area contributed by atoms with E-state index in [9.17, 15) is 24.8 Å². The van der Waals surface area contributed by atoms with Crippen molar-refractivity contribution in [1.82, 2.24) is 4.90 Å². The van der Waals surface area contributed by atoms with Gasteiger partial charge in [0.05, 0.1) is 9.83 Å². The molecule has 2 amide bonds. The summed E-state index contributed by atoms with van der Waals surface area (Å²) >= 11 is 0.761. The Balaban J connectivity index is 2.39. The number of phenolic OH excluding ortho intramolecular Hbond substituents is 1. The number of nitro benzene ring substituents is 1. The zero-order chi connectivity index (χ0) is 14.2. The third-order valence-corrected chi connectivity index (χ3v) is 3.44. The van der Waals surface area contributed by atoms with Gasteiger partial charge in [-0.05, 0) is 29.5 Å². The molecule has 1 saturated heterocycles. The van der Waals surface area contributed by atoms with Crippen molar-refractivity contribution >= 4 is 34.7 Å². The lowest BCUT2D eigenvalue weighted by molar-refractivity contribution is -0.385. The maximum absolute atomic E-state index is 11.6. The van der Waals surface area contributed by atoms with Crippen molar-refractivity contribution in [2.45, 2.75) is 0 Å². The van der Waals surface area contributed by atoms with Gasteiger partial charge in [0.15, 0.2) is 5.75 Å². The summed E-state index contributed by atoms with van der Waals surface area (Å²) in [6, 6.07) is 3.73. The van der Waals surface area contributed by atoms with Gasteiger partial charge in [-0.1, -0.05) is 6.07 Å². The molecule has 8 heteroatoms. The van der Waals surface area contributed by atoms with Gasteiger partial charge in [0, 0.05) is 13.1 Å². The van der Waals surface area contributed by atoms with Gasteiger partial charge in [-0.2, -0.15) is 0 Å². The first-order chi connectivity index (χ1) is 8.90. The molecule has 0 aromatic heterocycles. The molecule has 0 radical (unpaired) electrons. The minimum Gasteiger partial charge on any atom is -0.502 e. The van der Waals surface area contributed by atoms with E-state index in [0.29, 0.717) is 5.56 Å². The maximum Gasteiger partial charge on any atom is 0.311 e. The zero-order valence-corrected chi connectivity index (χ0v) is 10.5. The number of hydrogen-bond acceptors (Lipinski definition) is 6. The Morgan fingerprint density at radius 1 is 1.42 bits per heavy atom. The fourth-order valence-electron chi connectivity index (χ4n) is 1.47. The third-order valence-electron chi connectivity index (χ3n) is 2.48. The van der Waals surface area contributed by atoms with Crippen LogP contribution >= 0.6 is 11.8 Å². The Morgan fingerprint density at radius 2 is 2.11 bits per heavy atom. The highest BCUT2D eigenvalue weighted by Crippen LogP contribution is 2.33. The van der Waals surface area contributed by atoms with Gasteiger partial charge in [-0.3, -0.25) is 24.6 Å². The molecular weight excluding hydrogens is 272 g/mol. The number of amides is 2. The number of benzene rings is 1. The highest BCUT2D eigenvalue weighted by Gasteiger charge is 2.31. The second-order valence-corrected chi connectivity index (χ2v) is 4.74. The summed E-state index contributed by atoms with van der Waals surface area (Å²) in [6.07, 6.45) is 1.38. The molecule has 1 aromatic rings. The highest BCUT2D eigenvalue weighted by atomic mass is 32.2. The van der Waals surface area contributed by atoms with Crippen molar-refractivity contribution in [2.24, 2.45) is 0 Å². The number of aromatic hydroxyl groups is 1. The van der Waals surface area contributed by atoms with Crippen LogP contribution in [0.4, 0.5) is 10.5 Å². The van der Waals surface area contributed by atoms with Crippen molar-refractivity contribution in [2.75, 3.05) is 7.05 Å². The van der Waals surface area contributed by atoms with Crippen LogP contribution in [0.1, 0.15) is 5.56 Å². The smallest absolute Gasteiger partial charge is 0.311 e. The third kappa shape index (κ3) is 2.43. The largest absolute Gasteiger partial charge is 0.502 e. The zero-order valence-electron chi connectivity index (χ0n) is 9.69. The molecule has 0 aliphatic carbocycles. The summed E-state index contributed by atoms with van der Waals surface area (Å²) in [5.41, 5.74) is -0.0899. The lowest BCUT2D eigenvalue weighted by atomic mass is 10.1. The van der Waals surface area contributed by atoms with Gasteiger partial charge < -0.3 is 5.11 Å². The first-order valence-electron chi connectivity index (χ1n) is 5.09. The number of hydrogen-bond donors (Lipinski definition) is 1. The fourth-order valence-corrected chi connectivity index (χ4v) is 2.30. The Morgan fingerprint density at radius 3 is 2.63 bits per heavy atom. The lowest BCUT2D eigenvalue weighted by Gasteiger charge is -2.01. The van der Waals surface area contributed by atoms with Crippen molar-refractivity contribution in [1.29, 1.82) is 0 Å². The molecule has 1 N–H and O–H groups in total. The Hall–Kier alpha value is -2.35. The quantitative estimate of drug-likeness (QED) is 0.505. The van der Waals surface area contributed by atoms with Crippen LogP contribution in [0.15, 0.2) is 23.1 Å². The van der Waals surface area contributed by atoms with E-state index >= 15 is 0 Å². The number of rotatable bonds is 2. The number of nitro groups is 1. The van der Waals surface area contributed by atoms with Crippen LogP contribution in [0.25, 0.3) is 6.08 Å². The Bertz CT molecular complexity index is 626. The summed E-state index contributed by atoms with van der Waals surface area (Å²) in [7, 11) is 1.36. The van der Waals surface area contributed by atoms with E-state index in [4.69, 9.17) is 0 Å². The van der Waals surface area contributed by atoms with E-state index in [1.165, 1.54) is 25.3 Å². The van der Waals surface area contributed by atoms with Crippen molar-refractivity contribution in [3.05, 3.63) is 38.8 Å². The van der Waals surface area contributed by atoms with Crippen LogP contribution in [-0.4, -0.2) is 33.1 Å². The van der Waals surface area contributed by atoms with Gasteiger partial charge in [-0.25, -0.2) is 0 Å². The molecule has 2 rings (SSSR count). The first-order valence-corrected chi connectivity index (χ1v) is 5.91. The number of carbonyl (C=O) groups excluding carboxylic acids is 2. The number of imide groups is 1. The molecule has 98 valence electrons. The molecule has 1 fully saturated rings. The maximum atomic E-state index is 11.6. The van der Waals surface area contributed by atoms with E-state index in [0.717, 1.165) is 22.7 Å². The molecule has 1 aromatic carbocycles. The van der Waals surface area contributed by atoms with Gasteiger partial charge >= 0.3 is 5.69 Å². The highest BCUT2D eigenvalue weighted by molar-refractivity contribution is 8.18. The molecule has 0 bridgehead atoms. The topological polar surface area (TPSA) is 101 Å². The van der Waals surface area contributed by atoms with Gasteiger partial charge in [0.25, 0.3) is 11.1 Å². The van der Waals surface area contributed by atoms with Crippen molar-refractivity contribution < 1.29 is 19.6 Å². The van der Waals surface area contributed by atoms with E-state index in [-0.39, 0.29) is 4.91 Å². The summed E-state index contributed by atoms with van der Waals surface area (Å²) in [4.78, 5) is 34.0. The molecule has 0 saturated carbocycles. The lowest BCUT2D eigenvalue weighted by Crippen LogP contribution is -2.22. The molecule has 1 aliphatic rings. The van der Waals surface area contributed by atoms with Crippen LogP contribution in [0.3, 0.4) is 0 Å². The van der Waals surface area contributed by atoms with Crippen LogP contribution < -0.4 is 0 Å². The summed E-state index contributed by atoms with van der Waals surface area (Å²) < 4.78 is 0. The number of likely N-dealkylation sites (N-methyl/N-ethyl adjacent to an activating group) is 1. The van der Waals surface area contributed by atoms with Crippen LogP contribution in [-0.2, 0) is 4.79 Å². The second kappa shape index (κ2) is 4.73. The fraction of sp³-hybridized carbons (Fsp3) is 0.0909. The minimum atomic E-state index is -0.724. The number of nitrogens with zero attached hydrogens (tertiary/aromatic N) is 2. The molecule has 19 heavy (non-hydrogen) atoms. The van der Waals surface area contributed by atoms with Crippen molar-refractivity contribution in [3.8, 4) is 5.75 Å². The summed E-state index contributed by atoms with van der Waals surface area (Å²) in [5, 5.41) is 19.6.